The number of nitrogens with one attached hydrogen (secondary N) is 1. The summed E-state index contributed by atoms with van der Waals surface area (Å²) in [6, 6.07) is 22.4. The van der Waals surface area contributed by atoms with E-state index in [2.05, 4.69) is 35.1 Å². The van der Waals surface area contributed by atoms with Crippen LogP contribution in [0.5, 0.6) is 0 Å². The number of hydrogen-bond donors (Lipinski definition) is 1. The Morgan fingerprint density at radius 1 is 0.949 bits per heavy atom. The lowest BCUT2D eigenvalue weighted by atomic mass is 10.1. The molecule has 0 aliphatic carbocycles. The van der Waals surface area contributed by atoms with Crippen molar-refractivity contribution in [3.8, 4) is 5.69 Å². The Morgan fingerprint density at radius 2 is 1.67 bits per heavy atom. The van der Waals surface area contributed by atoms with Gasteiger partial charge in [0.1, 0.15) is 5.82 Å². The lowest BCUT2D eigenvalue weighted by Gasteiger charge is -2.32. The molecule has 1 unspecified atom stereocenters. The number of nitrogens with zero attached hydrogens (tertiary/aromatic N) is 3. The van der Waals surface area contributed by atoms with Crippen LogP contribution in [-0.4, -0.2) is 27.0 Å². The minimum Gasteiger partial charge on any atom is -0.314 e. The molecule has 0 saturated carbocycles. The van der Waals surface area contributed by atoms with Crippen LogP contribution in [-0.2, 0) is 6.42 Å². The number of fused-ring (bicyclic) bond motifs is 1. The summed E-state index contributed by atoms with van der Waals surface area (Å²) >= 11 is 3.46. The van der Waals surface area contributed by atoms with Crippen LogP contribution in [0.2, 0.25) is 0 Å². The number of benzene rings is 3. The van der Waals surface area contributed by atoms with Crippen molar-refractivity contribution in [1.29, 1.82) is 0 Å². The molecule has 2 amide bonds. The maximum atomic E-state index is 13.9. The van der Waals surface area contributed by atoms with E-state index in [-0.39, 0.29) is 11.6 Å². The van der Waals surface area contributed by atoms with Gasteiger partial charge in [0, 0.05) is 16.7 Å². The number of para-hydroxylation sites is 1. The van der Waals surface area contributed by atoms with Crippen molar-refractivity contribution in [3.05, 3.63) is 99.0 Å². The molecular formula is C32H37BrN4O2. The first-order valence-corrected chi connectivity index (χ1v) is 14.7. The zero-order chi connectivity index (χ0) is 27.8. The van der Waals surface area contributed by atoms with E-state index in [0.29, 0.717) is 29.7 Å². The Balaban J connectivity index is 1.82. The Morgan fingerprint density at radius 3 is 2.33 bits per heavy atom. The molecule has 0 fully saturated rings. The average Bonchev–Trinajstić information content (AvgIpc) is 2.96. The van der Waals surface area contributed by atoms with E-state index >= 15 is 0 Å². The lowest BCUT2D eigenvalue weighted by Crippen LogP contribution is -2.41. The van der Waals surface area contributed by atoms with Gasteiger partial charge in [-0.25, -0.2) is 9.78 Å². The molecule has 1 aromatic heterocycles. The quantitative estimate of drug-likeness (QED) is 0.179. The molecule has 6 nitrogen and oxygen atoms in total. The zero-order valence-electron chi connectivity index (χ0n) is 23.0. The molecular weight excluding hydrogens is 552 g/mol. The highest BCUT2D eigenvalue weighted by Crippen LogP contribution is 2.28. The zero-order valence-corrected chi connectivity index (χ0v) is 24.6. The van der Waals surface area contributed by atoms with Crippen molar-refractivity contribution in [2.75, 3.05) is 11.9 Å². The van der Waals surface area contributed by atoms with E-state index in [1.54, 1.807) is 4.57 Å². The topological polar surface area (TPSA) is 67.2 Å². The van der Waals surface area contributed by atoms with Crippen molar-refractivity contribution < 1.29 is 4.79 Å². The maximum Gasteiger partial charge on any atom is 0.322 e. The first-order valence-electron chi connectivity index (χ1n) is 13.9. The molecule has 4 aromatic rings. The molecule has 0 aliphatic heterocycles. The van der Waals surface area contributed by atoms with Gasteiger partial charge in [0.05, 0.1) is 22.6 Å². The van der Waals surface area contributed by atoms with Gasteiger partial charge in [0.25, 0.3) is 5.56 Å². The normalized spacial score (nSPS) is 11.9. The number of aryl methyl sites for hydroxylation is 1. The van der Waals surface area contributed by atoms with Gasteiger partial charge in [-0.15, -0.1) is 0 Å². The number of hydrogen-bond acceptors (Lipinski definition) is 3. The van der Waals surface area contributed by atoms with Gasteiger partial charge in [0.15, 0.2) is 0 Å². The SMILES string of the molecule is CCCCCCN(C(=O)Nc1ccc(Br)cc1)C(CC)c1nc2ccccc2c(=O)n1-c1ccc(CC)cc1. The number of carbonyl (C=O) groups is 1. The van der Waals surface area contributed by atoms with Crippen molar-refractivity contribution >= 4 is 38.6 Å². The summed E-state index contributed by atoms with van der Waals surface area (Å²) in [5.41, 5.74) is 3.17. The Labute approximate surface area is 239 Å². The van der Waals surface area contributed by atoms with E-state index in [9.17, 15) is 9.59 Å². The van der Waals surface area contributed by atoms with Gasteiger partial charge in [-0.2, -0.15) is 0 Å². The van der Waals surface area contributed by atoms with Crippen LogP contribution < -0.4 is 10.9 Å². The summed E-state index contributed by atoms with van der Waals surface area (Å²) in [5.74, 6) is 0.576. The van der Waals surface area contributed by atoms with Crippen LogP contribution in [0.3, 0.4) is 0 Å². The Bertz CT molecular complexity index is 1450. The van der Waals surface area contributed by atoms with E-state index in [1.165, 1.54) is 5.56 Å². The number of unbranched alkanes of at least 4 members (excludes halogenated alkanes) is 3. The largest absolute Gasteiger partial charge is 0.322 e. The predicted molar refractivity (Wildman–Crippen MR) is 164 cm³/mol. The summed E-state index contributed by atoms with van der Waals surface area (Å²) in [6.07, 6.45) is 5.66. The first kappa shape index (κ1) is 28.6. The van der Waals surface area contributed by atoms with Crippen molar-refractivity contribution in [1.82, 2.24) is 14.5 Å². The van der Waals surface area contributed by atoms with Crippen LogP contribution in [0.1, 0.15) is 70.3 Å². The molecule has 204 valence electrons. The molecule has 0 spiro atoms. The van der Waals surface area contributed by atoms with E-state index in [0.717, 1.165) is 48.0 Å². The predicted octanol–water partition coefficient (Wildman–Crippen LogP) is 8.28. The van der Waals surface area contributed by atoms with Gasteiger partial charge >= 0.3 is 6.03 Å². The summed E-state index contributed by atoms with van der Waals surface area (Å²) in [7, 11) is 0. The summed E-state index contributed by atoms with van der Waals surface area (Å²) < 4.78 is 2.64. The molecule has 7 heteroatoms. The lowest BCUT2D eigenvalue weighted by molar-refractivity contribution is 0.179. The molecule has 1 N–H and O–H groups in total. The number of anilines is 1. The third-order valence-corrected chi connectivity index (χ3v) is 7.60. The molecule has 0 bridgehead atoms. The number of carbonyl (C=O) groups excluding carboxylic acids is 1. The third kappa shape index (κ3) is 6.77. The molecule has 1 atom stereocenters. The van der Waals surface area contributed by atoms with Crippen LogP contribution in [0.15, 0.2) is 82.1 Å². The second-order valence-corrected chi connectivity index (χ2v) is 10.7. The molecule has 0 aliphatic rings. The number of amides is 2. The average molecular weight is 590 g/mol. The molecule has 0 saturated heterocycles. The number of rotatable bonds is 11. The molecule has 0 radical (unpaired) electrons. The monoisotopic (exact) mass is 588 g/mol. The maximum absolute atomic E-state index is 13.9. The van der Waals surface area contributed by atoms with Crippen molar-refractivity contribution in [2.45, 2.75) is 65.3 Å². The highest BCUT2D eigenvalue weighted by atomic mass is 79.9. The van der Waals surface area contributed by atoms with Gasteiger partial charge in [-0.05, 0) is 73.4 Å². The fourth-order valence-corrected chi connectivity index (χ4v) is 5.15. The second kappa shape index (κ2) is 13.6. The summed E-state index contributed by atoms with van der Waals surface area (Å²) in [4.78, 5) is 34.6. The van der Waals surface area contributed by atoms with E-state index in [1.807, 2.05) is 84.6 Å². The fraction of sp³-hybridized carbons (Fsp3) is 0.344. The summed E-state index contributed by atoms with van der Waals surface area (Å²) in [6.45, 7) is 6.90. The van der Waals surface area contributed by atoms with Crippen LogP contribution in [0.4, 0.5) is 10.5 Å². The first-order chi connectivity index (χ1) is 19.0. The fourth-order valence-electron chi connectivity index (χ4n) is 4.88. The molecule has 3 aromatic carbocycles. The van der Waals surface area contributed by atoms with Crippen LogP contribution >= 0.6 is 15.9 Å². The minimum absolute atomic E-state index is 0.127. The van der Waals surface area contributed by atoms with Crippen LogP contribution in [0.25, 0.3) is 16.6 Å². The van der Waals surface area contributed by atoms with Gasteiger partial charge < -0.3 is 10.2 Å². The number of halogens is 1. The third-order valence-electron chi connectivity index (χ3n) is 7.07. The smallest absolute Gasteiger partial charge is 0.314 e. The second-order valence-electron chi connectivity index (χ2n) is 9.76. The number of urea groups is 1. The van der Waals surface area contributed by atoms with E-state index in [4.69, 9.17) is 4.98 Å². The van der Waals surface area contributed by atoms with Crippen molar-refractivity contribution in [2.24, 2.45) is 0 Å². The highest BCUT2D eigenvalue weighted by molar-refractivity contribution is 9.10. The minimum atomic E-state index is -0.398. The molecule has 1 heterocycles. The van der Waals surface area contributed by atoms with Gasteiger partial charge in [-0.1, -0.05) is 80.2 Å². The Hall–Kier alpha value is -3.45. The standard InChI is InChI=1S/C32H37BrN4O2/c1-4-7-8-11-22-36(32(39)34-25-18-16-24(33)17-19-25)29(6-3)30-35-28-13-10-9-12-27(28)31(38)37(30)26-20-14-23(5-2)15-21-26/h9-10,12-21,29H,4-8,11,22H2,1-3H3,(H,34,39). The molecule has 4 rings (SSSR count). The van der Waals surface area contributed by atoms with Gasteiger partial charge in [0.2, 0.25) is 0 Å². The van der Waals surface area contributed by atoms with E-state index < -0.39 is 6.04 Å². The number of aromatic nitrogens is 2. The van der Waals surface area contributed by atoms with Crippen LogP contribution in [0, 0.1) is 0 Å². The van der Waals surface area contributed by atoms with Gasteiger partial charge in [-0.3, -0.25) is 9.36 Å². The summed E-state index contributed by atoms with van der Waals surface area (Å²) in [5, 5.41) is 3.63. The highest BCUT2D eigenvalue weighted by Gasteiger charge is 2.29. The molecule has 39 heavy (non-hydrogen) atoms. The van der Waals surface area contributed by atoms with Crippen molar-refractivity contribution in [3.63, 3.8) is 0 Å². The Kier molecular flexibility index (Phi) is 9.93.